The molecule has 0 aliphatic heterocycles. The van der Waals surface area contributed by atoms with E-state index in [2.05, 4.69) is 10.4 Å². The van der Waals surface area contributed by atoms with E-state index < -0.39 is 0 Å². The summed E-state index contributed by atoms with van der Waals surface area (Å²) in [5, 5.41) is 7.33. The van der Waals surface area contributed by atoms with Crippen molar-refractivity contribution in [2.75, 3.05) is 14.2 Å². The van der Waals surface area contributed by atoms with Crippen molar-refractivity contribution in [2.45, 2.75) is 25.9 Å². The lowest BCUT2D eigenvalue weighted by molar-refractivity contribution is -0.121. The van der Waals surface area contributed by atoms with Crippen molar-refractivity contribution in [1.82, 2.24) is 19.5 Å². The summed E-state index contributed by atoms with van der Waals surface area (Å²) in [6.45, 7) is 2.09. The fourth-order valence-corrected chi connectivity index (χ4v) is 3.71. The van der Waals surface area contributed by atoms with Crippen LogP contribution in [0.25, 0.3) is 16.8 Å². The molecule has 0 saturated heterocycles. The number of hydrogen-bond donors (Lipinski definition) is 1. The molecule has 0 aliphatic carbocycles. The molecule has 1 amide bonds. The number of carbonyl (C=O) groups is 1. The normalized spacial score (nSPS) is 11.9. The zero-order valence-electron chi connectivity index (χ0n) is 19.1. The summed E-state index contributed by atoms with van der Waals surface area (Å²) in [7, 11) is 3.12. The Morgan fingerprint density at radius 1 is 1.06 bits per heavy atom. The molecule has 0 fully saturated rings. The van der Waals surface area contributed by atoms with Crippen LogP contribution in [0, 0.1) is 5.82 Å². The molecule has 4 rings (SSSR count). The third kappa shape index (κ3) is 4.78. The Bertz CT molecular complexity index is 1380. The molecule has 0 bridgehead atoms. The molecule has 34 heavy (non-hydrogen) atoms. The molecule has 2 aromatic heterocycles. The number of aromatic nitrogens is 3. The first-order valence-electron chi connectivity index (χ1n) is 10.8. The van der Waals surface area contributed by atoms with Gasteiger partial charge in [-0.1, -0.05) is 6.07 Å². The van der Waals surface area contributed by atoms with Gasteiger partial charge in [-0.3, -0.25) is 9.59 Å². The first kappa shape index (κ1) is 23.0. The van der Waals surface area contributed by atoms with Crippen LogP contribution >= 0.6 is 0 Å². The Labute approximate surface area is 195 Å². The number of halogens is 1. The largest absolute Gasteiger partial charge is 0.493 e. The quantitative estimate of drug-likeness (QED) is 0.431. The Morgan fingerprint density at radius 2 is 1.79 bits per heavy atom. The molecule has 0 unspecified atom stereocenters. The van der Waals surface area contributed by atoms with E-state index in [9.17, 15) is 14.0 Å². The Hall–Kier alpha value is -4.14. The SMILES string of the molecule is COc1ccc([C@@H](C)NC(=O)CCn2ccn3nc(-c4ccc(F)cc4)cc3c2=O)cc1OC. The van der Waals surface area contributed by atoms with Gasteiger partial charge in [-0.25, -0.2) is 8.91 Å². The second-order valence-corrected chi connectivity index (χ2v) is 7.82. The van der Waals surface area contributed by atoms with Crippen LogP contribution in [-0.2, 0) is 11.3 Å². The Balaban J connectivity index is 1.43. The number of carbonyl (C=O) groups excluding carboxylic acids is 1. The monoisotopic (exact) mass is 464 g/mol. The molecular weight excluding hydrogens is 439 g/mol. The number of benzene rings is 2. The highest BCUT2D eigenvalue weighted by molar-refractivity contribution is 5.76. The van der Waals surface area contributed by atoms with Gasteiger partial charge in [0.05, 0.1) is 26.0 Å². The second-order valence-electron chi connectivity index (χ2n) is 7.82. The van der Waals surface area contributed by atoms with E-state index in [1.807, 2.05) is 19.1 Å². The summed E-state index contributed by atoms with van der Waals surface area (Å²) in [6.07, 6.45) is 3.39. The van der Waals surface area contributed by atoms with Crippen LogP contribution in [0.5, 0.6) is 11.5 Å². The second kappa shape index (κ2) is 9.78. The third-order valence-electron chi connectivity index (χ3n) is 5.61. The number of aryl methyl sites for hydroxylation is 1. The minimum atomic E-state index is -0.339. The number of ether oxygens (including phenoxy) is 2. The van der Waals surface area contributed by atoms with Gasteiger partial charge in [0, 0.05) is 30.9 Å². The van der Waals surface area contributed by atoms with Crippen molar-refractivity contribution in [3.63, 3.8) is 0 Å². The Kier molecular flexibility index (Phi) is 6.62. The summed E-state index contributed by atoms with van der Waals surface area (Å²) >= 11 is 0. The molecule has 0 saturated carbocycles. The van der Waals surface area contributed by atoms with Crippen molar-refractivity contribution >= 4 is 11.4 Å². The zero-order chi connectivity index (χ0) is 24.2. The highest BCUT2D eigenvalue weighted by Gasteiger charge is 2.14. The number of hydrogen-bond acceptors (Lipinski definition) is 5. The molecule has 8 nitrogen and oxygen atoms in total. The van der Waals surface area contributed by atoms with Gasteiger partial charge in [-0.15, -0.1) is 0 Å². The van der Waals surface area contributed by atoms with Gasteiger partial charge in [-0.05, 0) is 55.0 Å². The highest BCUT2D eigenvalue weighted by Crippen LogP contribution is 2.29. The summed E-state index contributed by atoms with van der Waals surface area (Å²) < 4.78 is 26.7. The van der Waals surface area contributed by atoms with Gasteiger partial charge in [0.15, 0.2) is 11.5 Å². The zero-order valence-corrected chi connectivity index (χ0v) is 19.1. The third-order valence-corrected chi connectivity index (χ3v) is 5.61. The maximum Gasteiger partial charge on any atom is 0.276 e. The molecule has 1 atom stereocenters. The first-order valence-corrected chi connectivity index (χ1v) is 10.8. The van der Waals surface area contributed by atoms with Crippen LogP contribution < -0.4 is 20.3 Å². The van der Waals surface area contributed by atoms with E-state index in [1.165, 1.54) is 21.2 Å². The van der Waals surface area contributed by atoms with Crippen LogP contribution in [0.15, 0.2) is 65.7 Å². The highest BCUT2D eigenvalue weighted by atomic mass is 19.1. The number of rotatable bonds is 8. The van der Waals surface area contributed by atoms with Crippen molar-refractivity contribution in [3.05, 3.63) is 82.7 Å². The maximum absolute atomic E-state index is 13.2. The maximum atomic E-state index is 13.2. The summed E-state index contributed by atoms with van der Waals surface area (Å²) in [6, 6.07) is 12.8. The van der Waals surface area contributed by atoms with E-state index in [0.29, 0.717) is 28.3 Å². The van der Waals surface area contributed by atoms with E-state index in [0.717, 1.165) is 5.56 Å². The van der Waals surface area contributed by atoms with Crippen LogP contribution in [0.3, 0.4) is 0 Å². The van der Waals surface area contributed by atoms with Gasteiger partial charge in [0.2, 0.25) is 5.91 Å². The van der Waals surface area contributed by atoms with E-state index >= 15 is 0 Å². The first-order chi connectivity index (χ1) is 16.4. The lowest BCUT2D eigenvalue weighted by Gasteiger charge is -2.17. The molecule has 2 aromatic carbocycles. The van der Waals surface area contributed by atoms with Crippen molar-refractivity contribution in [2.24, 2.45) is 0 Å². The number of amides is 1. The number of methoxy groups -OCH3 is 2. The van der Waals surface area contributed by atoms with Gasteiger partial charge in [-0.2, -0.15) is 5.10 Å². The molecular formula is C25H25FN4O4. The predicted octanol–water partition coefficient (Wildman–Crippen LogP) is 3.59. The molecule has 0 radical (unpaired) electrons. The molecule has 4 aromatic rings. The summed E-state index contributed by atoms with van der Waals surface area (Å²) in [5.41, 5.74) is 2.26. The van der Waals surface area contributed by atoms with Gasteiger partial charge < -0.3 is 19.4 Å². The minimum Gasteiger partial charge on any atom is -0.493 e. The fourth-order valence-electron chi connectivity index (χ4n) is 3.71. The summed E-state index contributed by atoms with van der Waals surface area (Å²) in [5.74, 6) is 0.673. The smallest absolute Gasteiger partial charge is 0.276 e. The topological polar surface area (TPSA) is 86.9 Å². The van der Waals surface area contributed by atoms with Crippen LogP contribution in [0.2, 0.25) is 0 Å². The molecule has 0 spiro atoms. The Morgan fingerprint density at radius 3 is 2.50 bits per heavy atom. The lowest BCUT2D eigenvalue weighted by atomic mass is 10.1. The molecule has 176 valence electrons. The van der Waals surface area contributed by atoms with Gasteiger partial charge in [0.25, 0.3) is 5.56 Å². The predicted molar refractivity (Wildman–Crippen MR) is 126 cm³/mol. The number of nitrogens with one attached hydrogen (secondary N) is 1. The standard InChI is InChI=1S/C25H25FN4O4/c1-16(18-6-9-22(33-2)23(14-18)34-3)27-24(31)10-11-29-12-13-30-21(25(29)32)15-20(28-30)17-4-7-19(26)8-5-17/h4-9,12-16H,10-11H2,1-3H3,(H,27,31)/t16-/m1/s1. The molecule has 0 aliphatic rings. The number of fused-ring (bicyclic) bond motifs is 1. The van der Waals surface area contributed by atoms with Crippen LogP contribution in [0.1, 0.15) is 24.9 Å². The van der Waals surface area contributed by atoms with Gasteiger partial charge in [0.1, 0.15) is 11.3 Å². The van der Waals surface area contributed by atoms with Gasteiger partial charge >= 0.3 is 0 Å². The van der Waals surface area contributed by atoms with E-state index in [4.69, 9.17) is 9.47 Å². The summed E-state index contributed by atoms with van der Waals surface area (Å²) in [4.78, 5) is 25.4. The van der Waals surface area contributed by atoms with Crippen LogP contribution in [-0.4, -0.2) is 34.3 Å². The number of nitrogens with zero attached hydrogens (tertiary/aromatic N) is 3. The fraction of sp³-hybridized carbons (Fsp3) is 0.240. The minimum absolute atomic E-state index is 0.132. The van der Waals surface area contributed by atoms with Crippen molar-refractivity contribution in [3.8, 4) is 22.8 Å². The van der Waals surface area contributed by atoms with E-state index in [1.54, 1.807) is 50.9 Å². The average Bonchev–Trinajstić information content (AvgIpc) is 3.28. The lowest BCUT2D eigenvalue weighted by Crippen LogP contribution is -2.29. The van der Waals surface area contributed by atoms with E-state index in [-0.39, 0.29) is 36.3 Å². The van der Waals surface area contributed by atoms with Crippen LogP contribution in [0.4, 0.5) is 4.39 Å². The average molecular weight is 464 g/mol. The van der Waals surface area contributed by atoms with Crippen molar-refractivity contribution in [1.29, 1.82) is 0 Å². The van der Waals surface area contributed by atoms with Crippen molar-refractivity contribution < 1.29 is 18.7 Å². The molecule has 1 N–H and O–H groups in total. The molecule has 2 heterocycles. The molecule has 9 heteroatoms.